The van der Waals surface area contributed by atoms with Gasteiger partial charge >= 0.3 is 6.03 Å². The van der Waals surface area contributed by atoms with E-state index in [-0.39, 0.29) is 24.7 Å². The highest BCUT2D eigenvalue weighted by atomic mass is 16.2. The zero-order chi connectivity index (χ0) is 23.4. The van der Waals surface area contributed by atoms with Crippen molar-refractivity contribution in [2.24, 2.45) is 0 Å². The highest BCUT2D eigenvalue weighted by Gasteiger charge is 2.37. The maximum atomic E-state index is 13.1. The number of nitrogens with zero attached hydrogens (tertiary/aromatic N) is 2. The van der Waals surface area contributed by atoms with Crippen LogP contribution in [0.1, 0.15) is 25.3 Å². The van der Waals surface area contributed by atoms with Gasteiger partial charge in [0, 0.05) is 32.5 Å². The number of hydrogen-bond acceptors (Lipinski definition) is 4. The smallest absolute Gasteiger partial charge is 0.322 e. The maximum absolute atomic E-state index is 13.1. The summed E-state index contributed by atoms with van der Waals surface area (Å²) >= 11 is 0. The first kappa shape index (κ1) is 22.5. The van der Waals surface area contributed by atoms with Crippen LogP contribution < -0.4 is 10.6 Å². The number of piperazine rings is 1. The number of likely N-dealkylation sites (N-methyl/N-ethyl adjacent to an activating group) is 1. The Morgan fingerprint density at radius 1 is 0.970 bits per heavy atom. The Morgan fingerprint density at radius 3 is 2.30 bits per heavy atom. The van der Waals surface area contributed by atoms with E-state index in [1.54, 1.807) is 9.80 Å². The van der Waals surface area contributed by atoms with Crippen molar-refractivity contribution in [1.29, 1.82) is 0 Å². The Morgan fingerprint density at radius 2 is 1.67 bits per heavy atom. The molecule has 33 heavy (non-hydrogen) atoms. The third-order valence-corrected chi connectivity index (χ3v) is 6.28. The SMILES string of the molecule is CCN1CCN(C(=O)CC[C@H]2NC(=O)NC2=O)[C@@H](Cc2ccc(-c3ccccc3)cc2)C1=O. The predicted octanol–water partition coefficient (Wildman–Crippen LogP) is 1.94. The fraction of sp³-hybridized carbons (Fsp3) is 0.360. The van der Waals surface area contributed by atoms with E-state index in [0.29, 0.717) is 26.1 Å². The Labute approximate surface area is 192 Å². The van der Waals surface area contributed by atoms with E-state index in [9.17, 15) is 19.2 Å². The number of carbonyl (C=O) groups excluding carboxylic acids is 4. The molecule has 2 N–H and O–H groups in total. The number of benzene rings is 2. The van der Waals surface area contributed by atoms with Gasteiger partial charge in [-0.25, -0.2) is 4.79 Å². The van der Waals surface area contributed by atoms with Gasteiger partial charge in [0.25, 0.3) is 5.91 Å². The monoisotopic (exact) mass is 448 g/mol. The second-order valence-corrected chi connectivity index (χ2v) is 8.34. The Bertz CT molecular complexity index is 1040. The number of nitrogens with one attached hydrogen (secondary N) is 2. The maximum Gasteiger partial charge on any atom is 0.322 e. The highest BCUT2D eigenvalue weighted by Crippen LogP contribution is 2.22. The number of hydrogen-bond donors (Lipinski definition) is 2. The summed E-state index contributed by atoms with van der Waals surface area (Å²) in [6, 6.07) is 16.3. The topological polar surface area (TPSA) is 98.8 Å². The third kappa shape index (κ3) is 5.05. The van der Waals surface area contributed by atoms with Crippen LogP contribution in [-0.4, -0.2) is 65.3 Å². The second kappa shape index (κ2) is 9.85. The molecule has 0 spiro atoms. The zero-order valence-electron chi connectivity index (χ0n) is 18.6. The lowest BCUT2D eigenvalue weighted by Gasteiger charge is -2.40. The predicted molar refractivity (Wildman–Crippen MR) is 123 cm³/mol. The van der Waals surface area contributed by atoms with Crippen LogP contribution in [0.4, 0.5) is 4.79 Å². The van der Waals surface area contributed by atoms with Crippen molar-refractivity contribution in [2.75, 3.05) is 19.6 Å². The van der Waals surface area contributed by atoms with Gasteiger partial charge in [-0.2, -0.15) is 0 Å². The average molecular weight is 449 g/mol. The molecule has 0 aromatic heterocycles. The fourth-order valence-electron chi connectivity index (χ4n) is 4.41. The number of imide groups is 1. The molecule has 0 radical (unpaired) electrons. The summed E-state index contributed by atoms with van der Waals surface area (Å²) in [5.74, 6) is -0.662. The van der Waals surface area contributed by atoms with Crippen molar-refractivity contribution in [3.8, 4) is 11.1 Å². The minimum absolute atomic E-state index is 0.0591. The van der Waals surface area contributed by atoms with Gasteiger partial charge in [0.1, 0.15) is 12.1 Å². The van der Waals surface area contributed by atoms with Crippen molar-refractivity contribution in [3.63, 3.8) is 0 Å². The average Bonchev–Trinajstić information content (AvgIpc) is 3.16. The largest absolute Gasteiger partial charge is 0.339 e. The molecule has 2 aliphatic rings. The van der Waals surface area contributed by atoms with E-state index < -0.39 is 24.0 Å². The standard InChI is InChI=1S/C25H28N4O4/c1-2-28-14-15-29(22(30)13-12-20-23(31)27-25(33)26-20)21(24(28)32)16-17-8-10-19(11-9-17)18-6-4-3-5-7-18/h3-11,20-21H,2,12-16H2,1H3,(H2,26,27,31,33)/t20-,21+/m1/s1. The molecule has 2 saturated heterocycles. The lowest BCUT2D eigenvalue weighted by Crippen LogP contribution is -2.59. The van der Waals surface area contributed by atoms with E-state index in [4.69, 9.17) is 0 Å². The second-order valence-electron chi connectivity index (χ2n) is 8.34. The number of amides is 5. The van der Waals surface area contributed by atoms with Crippen LogP contribution in [0.2, 0.25) is 0 Å². The molecule has 5 amide bonds. The normalized spacial score (nSPS) is 20.6. The van der Waals surface area contributed by atoms with E-state index in [1.807, 2.05) is 61.5 Å². The van der Waals surface area contributed by atoms with Crippen LogP contribution >= 0.6 is 0 Å². The number of carbonyl (C=O) groups is 4. The van der Waals surface area contributed by atoms with Gasteiger partial charge in [-0.15, -0.1) is 0 Å². The summed E-state index contributed by atoms with van der Waals surface area (Å²) < 4.78 is 0. The van der Waals surface area contributed by atoms with E-state index in [0.717, 1.165) is 16.7 Å². The molecule has 8 nitrogen and oxygen atoms in total. The van der Waals surface area contributed by atoms with E-state index >= 15 is 0 Å². The molecule has 0 unspecified atom stereocenters. The van der Waals surface area contributed by atoms with E-state index in [2.05, 4.69) is 10.6 Å². The van der Waals surface area contributed by atoms with Gasteiger partial charge in [0.2, 0.25) is 11.8 Å². The van der Waals surface area contributed by atoms with Crippen LogP contribution in [0.25, 0.3) is 11.1 Å². The molecule has 2 fully saturated rings. The van der Waals surface area contributed by atoms with E-state index in [1.165, 1.54) is 0 Å². The van der Waals surface area contributed by atoms with Crippen molar-refractivity contribution in [3.05, 3.63) is 60.2 Å². The van der Waals surface area contributed by atoms with Crippen molar-refractivity contribution in [1.82, 2.24) is 20.4 Å². The minimum Gasteiger partial charge on any atom is -0.339 e. The molecular weight excluding hydrogens is 420 g/mol. The molecule has 2 aromatic rings. The van der Waals surface area contributed by atoms with Crippen LogP contribution in [0.15, 0.2) is 54.6 Å². The van der Waals surface area contributed by atoms with Crippen molar-refractivity contribution < 1.29 is 19.2 Å². The van der Waals surface area contributed by atoms with Gasteiger partial charge in [-0.3, -0.25) is 19.7 Å². The van der Waals surface area contributed by atoms with Crippen LogP contribution in [0.5, 0.6) is 0 Å². The van der Waals surface area contributed by atoms with Crippen molar-refractivity contribution >= 4 is 23.8 Å². The summed E-state index contributed by atoms with van der Waals surface area (Å²) in [6.45, 7) is 3.47. The molecule has 4 rings (SSSR count). The van der Waals surface area contributed by atoms with Crippen LogP contribution in [-0.2, 0) is 20.8 Å². The van der Waals surface area contributed by atoms with Gasteiger partial charge in [-0.1, -0.05) is 54.6 Å². The van der Waals surface area contributed by atoms with Gasteiger partial charge in [0.05, 0.1) is 0 Å². The summed E-state index contributed by atoms with van der Waals surface area (Å²) in [5, 5.41) is 4.68. The molecular formula is C25H28N4O4. The molecule has 2 heterocycles. The molecule has 8 heteroatoms. The summed E-state index contributed by atoms with van der Waals surface area (Å²) in [5.41, 5.74) is 3.19. The third-order valence-electron chi connectivity index (χ3n) is 6.28. The lowest BCUT2D eigenvalue weighted by molar-refractivity contribution is -0.151. The summed E-state index contributed by atoms with van der Waals surface area (Å²) in [4.78, 5) is 52.6. The Hall–Kier alpha value is -3.68. The molecule has 0 aliphatic carbocycles. The molecule has 2 atom stereocenters. The quantitative estimate of drug-likeness (QED) is 0.633. The summed E-state index contributed by atoms with van der Waals surface area (Å²) in [7, 11) is 0. The molecule has 0 bridgehead atoms. The minimum atomic E-state index is -0.710. The molecule has 2 aromatic carbocycles. The highest BCUT2D eigenvalue weighted by molar-refractivity contribution is 6.04. The molecule has 2 aliphatic heterocycles. The first-order valence-electron chi connectivity index (χ1n) is 11.3. The Balaban J connectivity index is 1.46. The van der Waals surface area contributed by atoms with Gasteiger partial charge < -0.3 is 15.1 Å². The number of urea groups is 1. The fourth-order valence-corrected chi connectivity index (χ4v) is 4.41. The first-order valence-corrected chi connectivity index (χ1v) is 11.3. The lowest BCUT2D eigenvalue weighted by atomic mass is 9.97. The van der Waals surface area contributed by atoms with Gasteiger partial charge in [0.15, 0.2) is 0 Å². The first-order chi connectivity index (χ1) is 16.0. The van der Waals surface area contributed by atoms with Crippen molar-refractivity contribution in [2.45, 2.75) is 38.3 Å². The van der Waals surface area contributed by atoms with Crippen LogP contribution in [0, 0.1) is 0 Å². The summed E-state index contributed by atoms with van der Waals surface area (Å²) in [6.07, 6.45) is 0.717. The number of rotatable bonds is 7. The molecule has 0 saturated carbocycles. The van der Waals surface area contributed by atoms with Crippen LogP contribution in [0.3, 0.4) is 0 Å². The molecule has 172 valence electrons. The zero-order valence-corrected chi connectivity index (χ0v) is 18.6. The van der Waals surface area contributed by atoms with Gasteiger partial charge in [-0.05, 0) is 30.0 Å². The Kier molecular flexibility index (Phi) is 6.72.